The van der Waals surface area contributed by atoms with E-state index in [1.165, 1.54) is 0 Å². The highest BCUT2D eigenvalue weighted by Crippen LogP contribution is 2.20. The molecule has 1 N–H and O–H groups in total. The van der Waals surface area contributed by atoms with E-state index in [9.17, 15) is 9.59 Å². The minimum absolute atomic E-state index is 0.0770. The number of carbonyl (C=O) groups is 2. The molecule has 24 heavy (non-hydrogen) atoms. The Morgan fingerprint density at radius 3 is 2.54 bits per heavy atom. The summed E-state index contributed by atoms with van der Waals surface area (Å²) in [4.78, 5) is 25.6. The van der Waals surface area contributed by atoms with Crippen LogP contribution < -0.4 is 10.2 Å². The lowest BCUT2D eigenvalue weighted by Gasteiger charge is -2.26. The number of piperidine rings is 1. The summed E-state index contributed by atoms with van der Waals surface area (Å²) in [5, 5.41) is 2.86. The number of benzene rings is 1. The molecule has 2 rings (SSSR count). The lowest BCUT2D eigenvalue weighted by atomic mass is 10.0. The molecule has 0 aromatic heterocycles. The van der Waals surface area contributed by atoms with Crippen LogP contribution in [0.25, 0.3) is 0 Å². The van der Waals surface area contributed by atoms with E-state index in [4.69, 9.17) is 0 Å². The molecule has 1 heterocycles. The molecule has 0 atom stereocenters. The summed E-state index contributed by atoms with van der Waals surface area (Å²) in [5.41, 5.74) is 1.83. The number of rotatable bonds is 5. The average molecular weight is 326 g/mol. The van der Waals surface area contributed by atoms with E-state index in [0.717, 1.165) is 43.5 Å². The number of amides is 2. The molecule has 1 aliphatic rings. The normalized spacial score (nSPS) is 14.3. The predicted octanol–water partition coefficient (Wildman–Crippen LogP) is 3.11. The van der Waals surface area contributed by atoms with Crippen molar-refractivity contribution in [1.82, 2.24) is 5.32 Å². The first-order chi connectivity index (χ1) is 11.7. The van der Waals surface area contributed by atoms with Crippen molar-refractivity contribution < 1.29 is 9.59 Å². The van der Waals surface area contributed by atoms with Gasteiger partial charge in [-0.25, -0.2) is 0 Å². The highest BCUT2D eigenvalue weighted by molar-refractivity contribution is 5.94. The first kappa shape index (κ1) is 18.1. The summed E-state index contributed by atoms with van der Waals surface area (Å²) in [7, 11) is 0. The Morgan fingerprint density at radius 1 is 1.21 bits per heavy atom. The van der Waals surface area contributed by atoms with Gasteiger partial charge in [0.05, 0.1) is 6.54 Å². The van der Waals surface area contributed by atoms with Crippen LogP contribution in [0.4, 0.5) is 5.69 Å². The van der Waals surface area contributed by atoms with Gasteiger partial charge in [0.25, 0.3) is 0 Å². The van der Waals surface area contributed by atoms with E-state index in [1.807, 2.05) is 43.0 Å². The lowest BCUT2D eigenvalue weighted by molar-refractivity contribution is -0.125. The van der Waals surface area contributed by atoms with Gasteiger partial charge >= 0.3 is 0 Å². The molecule has 1 aliphatic heterocycles. The summed E-state index contributed by atoms with van der Waals surface area (Å²) in [5.74, 6) is 6.38. The Kier molecular flexibility index (Phi) is 6.87. The second-order valence-electron chi connectivity index (χ2n) is 6.08. The van der Waals surface area contributed by atoms with E-state index in [1.54, 1.807) is 0 Å². The Hall–Kier alpha value is -2.28. The van der Waals surface area contributed by atoms with Gasteiger partial charge in [0.1, 0.15) is 0 Å². The zero-order valence-electron chi connectivity index (χ0n) is 14.6. The number of nitrogens with one attached hydrogen (secondary N) is 1. The molecule has 4 heteroatoms. The number of anilines is 1. The number of nitrogens with zero attached hydrogens (tertiary/aromatic N) is 1. The smallest absolute Gasteiger partial charge is 0.226 e. The molecule has 2 amide bonds. The number of hydrogen-bond donors (Lipinski definition) is 1. The van der Waals surface area contributed by atoms with Gasteiger partial charge in [-0.15, -0.1) is 0 Å². The van der Waals surface area contributed by atoms with Crippen LogP contribution in [0.15, 0.2) is 24.3 Å². The molecule has 1 aromatic carbocycles. The third kappa shape index (κ3) is 4.86. The fraction of sp³-hybridized carbons (Fsp3) is 0.500. The van der Waals surface area contributed by atoms with Gasteiger partial charge in [-0.1, -0.05) is 25.7 Å². The highest BCUT2D eigenvalue weighted by Gasteiger charge is 2.19. The maximum Gasteiger partial charge on any atom is 0.226 e. The molecular weight excluding hydrogens is 300 g/mol. The van der Waals surface area contributed by atoms with Crippen LogP contribution in [0.3, 0.4) is 0 Å². The number of carbonyl (C=O) groups excluding carboxylic acids is 2. The largest absolute Gasteiger partial charge is 0.345 e. The first-order valence-corrected chi connectivity index (χ1v) is 8.82. The molecule has 0 radical (unpaired) electrons. The second kappa shape index (κ2) is 9.12. The molecule has 0 saturated carbocycles. The topological polar surface area (TPSA) is 49.4 Å². The summed E-state index contributed by atoms with van der Waals surface area (Å²) >= 11 is 0. The maximum absolute atomic E-state index is 11.9. The molecule has 0 bridgehead atoms. The van der Waals surface area contributed by atoms with Crippen LogP contribution in [0, 0.1) is 17.8 Å². The molecule has 1 saturated heterocycles. The Balaban J connectivity index is 1.88. The third-order valence-corrected chi connectivity index (χ3v) is 4.44. The van der Waals surface area contributed by atoms with Crippen molar-refractivity contribution >= 4 is 17.5 Å². The summed E-state index contributed by atoms with van der Waals surface area (Å²) in [6.45, 7) is 5.20. The van der Waals surface area contributed by atoms with Crippen molar-refractivity contribution in [3.8, 4) is 11.8 Å². The average Bonchev–Trinajstić information content (AvgIpc) is 2.61. The minimum atomic E-state index is 0.0770. The van der Waals surface area contributed by atoms with Gasteiger partial charge in [-0.2, -0.15) is 0 Å². The monoisotopic (exact) mass is 326 g/mol. The molecule has 128 valence electrons. The van der Waals surface area contributed by atoms with Gasteiger partial charge in [0.15, 0.2) is 0 Å². The van der Waals surface area contributed by atoms with Crippen LogP contribution in [0.5, 0.6) is 0 Å². The van der Waals surface area contributed by atoms with Crippen molar-refractivity contribution in [2.45, 2.75) is 46.0 Å². The molecule has 1 fully saturated rings. The van der Waals surface area contributed by atoms with Crippen LogP contribution in [-0.4, -0.2) is 24.9 Å². The molecule has 0 spiro atoms. The van der Waals surface area contributed by atoms with Crippen molar-refractivity contribution in [1.29, 1.82) is 0 Å². The Bertz CT molecular complexity index is 621. The van der Waals surface area contributed by atoms with E-state index in [0.29, 0.717) is 13.0 Å². The van der Waals surface area contributed by atoms with Gasteiger partial charge in [0.2, 0.25) is 11.8 Å². The standard InChI is InChI=1S/C20H26N2O2/c1-3-17(4-2)20(24)21-14-7-8-16-10-12-18(13-11-16)22-15-6-5-9-19(22)23/h10-13,17H,3-6,9,14-15H2,1-2H3,(H,21,24). The second-order valence-corrected chi connectivity index (χ2v) is 6.08. The lowest BCUT2D eigenvalue weighted by Crippen LogP contribution is -2.35. The van der Waals surface area contributed by atoms with Gasteiger partial charge in [0, 0.05) is 30.1 Å². The van der Waals surface area contributed by atoms with Crippen LogP contribution in [0.2, 0.25) is 0 Å². The SMILES string of the molecule is CCC(CC)C(=O)NCC#Cc1ccc(N2CCCCC2=O)cc1. The molecule has 0 unspecified atom stereocenters. The Morgan fingerprint density at radius 2 is 1.92 bits per heavy atom. The summed E-state index contributed by atoms with van der Waals surface area (Å²) < 4.78 is 0. The molecule has 1 aromatic rings. The fourth-order valence-corrected chi connectivity index (χ4v) is 2.88. The van der Waals surface area contributed by atoms with Gasteiger partial charge in [-0.05, 0) is 49.9 Å². The van der Waals surface area contributed by atoms with E-state index >= 15 is 0 Å². The zero-order valence-corrected chi connectivity index (χ0v) is 14.6. The van der Waals surface area contributed by atoms with Gasteiger partial charge in [-0.3, -0.25) is 9.59 Å². The third-order valence-electron chi connectivity index (χ3n) is 4.44. The zero-order chi connectivity index (χ0) is 17.4. The number of hydrogen-bond acceptors (Lipinski definition) is 2. The summed E-state index contributed by atoms with van der Waals surface area (Å²) in [6, 6.07) is 7.73. The summed E-state index contributed by atoms with van der Waals surface area (Å²) in [6.07, 6.45) is 4.39. The van der Waals surface area contributed by atoms with Gasteiger partial charge < -0.3 is 10.2 Å². The molecular formula is C20H26N2O2. The van der Waals surface area contributed by atoms with Crippen LogP contribution in [0.1, 0.15) is 51.5 Å². The van der Waals surface area contributed by atoms with Crippen molar-refractivity contribution in [2.75, 3.05) is 18.0 Å². The van der Waals surface area contributed by atoms with Crippen LogP contribution >= 0.6 is 0 Å². The van der Waals surface area contributed by atoms with Crippen LogP contribution in [-0.2, 0) is 9.59 Å². The van der Waals surface area contributed by atoms with E-state index in [2.05, 4.69) is 17.2 Å². The quantitative estimate of drug-likeness (QED) is 0.845. The molecule has 0 aliphatic carbocycles. The first-order valence-electron chi connectivity index (χ1n) is 8.82. The minimum Gasteiger partial charge on any atom is -0.345 e. The van der Waals surface area contributed by atoms with Crippen molar-refractivity contribution in [2.24, 2.45) is 5.92 Å². The maximum atomic E-state index is 11.9. The van der Waals surface area contributed by atoms with E-state index in [-0.39, 0.29) is 17.7 Å². The van der Waals surface area contributed by atoms with E-state index < -0.39 is 0 Å². The van der Waals surface area contributed by atoms with Crippen molar-refractivity contribution in [3.05, 3.63) is 29.8 Å². The molecule has 4 nitrogen and oxygen atoms in total. The van der Waals surface area contributed by atoms with Crippen molar-refractivity contribution in [3.63, 3.8) is 0 Å². The highest BCUT2D eigenvalue weighted by atomic mass is 16.2. The fourth-order valence-electron chi connectivity index (χ4n) is 2.88. The Labute approximate surface area is 144 Å². The predicted molar refractivity (Wildman–Crippen MR) is 96.6 cm³/mol.